The number of para-hydroxylation sites is 1. The molecule has 2 N–H and O–H groups in total. The molecule has 0 aliphatic heterocycles. The van der Waals surface area contributed by atoms with Crippen LogP contribution < -0.4 is 5.73 Å². The Hall–Kier alpha value is -1.70. The summed E-state index contributed by atoms with van der Waals surface area (Å²) in [7, 11) is 3.27. The zero-order chi connectivity index (χ0) is 15.0. The van der Waals surface area contributed by atoms with Gasteiger partial charge in [-0.15, -0.1) is 0 Å². The number of anilines is 1. The molecule has 1 rings (SSSR count). The molecule has 0 atom stereocenters. The molecule has 0 saturated heterocycles. The van der Waals surface area contributed by atoms with Crippen LogP contribution in [0.25, 0.3) is 0 Å². The number of rotatable bonds is 9. The van der Waals surface area contributed by atoms with Gasteiger partial charge in [0.05, 0.1) is 18.1 Å². The third-order valence-electron chi connectivity index (χ3n) is 2.99. The minimum atomic E-state index is -0.465. The summed E-state index contributed by atoms with van der Waals surface area (Å²) in [5.74, 6) is 0. The van der Waals surface area contributed by atoms with E-state index < -0.39 is 4.92 Å². The highest BCUT2D eigenvalue weighted by atomic mass is 16.6. The summed E-state index contributed by atoms with van der Waals surface area (Å²) in [5.41, 5.74) is 6.77. The van der Waals surface area contributed by atoms with Crippen LogP contribution in [0.4, 0.5) is 11.4 Å². The topological polar surface area (TPSA) is 90.9 Å². The van der Waals surface area contributed by atoms with E-state index in [9.17, 15) is 10.1 Å². The molecule has 0 aromatic heterocycles. The van der Waals surface area contributed by atoms with E-state index in [-0.39, 0.29) is 11.4 Å². The van der Waals surface area contributed by atoms with E-state index in [0.717, 1.165) is 5.56 Å². The van der Waals surface area contributed by atoms with Gasteiger partial charge in [0, 0.05) is 39.9 Å². The van der Waals surface area contributed by atoms with E-state index >= 15 is 0 Å². The number of nitro benzene ring substituents is 1. The lowest BCUT2D eigenvalue weighted by atomic mass is 10.1. The molecule has 0 spiro atoms. The fourth-order valence-electron chi connectivity index (χ4n) is 1.85. The van der Waals surface area contributed by atoms with Gasteiger partial charge in [-0.1, -0.05) is 12.1 Å². The highest BCUT2D eigenvalue weighted by Gasteiger charge is 2.16. The van der Waals surface area contributed by atoms with E-state index in [0.29, 0.717) is 32.8 Å². The van der Waals surface area contributed by atoms with E-state index in [1.807, 2.05) is 0 Å². The van der Waals surface area contributed by atoms with Crippen molar-refractivity contribution < 1.29 is 14.4 Å². The zero-order valence-corrected chi connectivity index (χ0v) is 11.9. The summed E-state index contributed by atoms with van der Waals surface area (Å²) < 4.78 is 10.1. The minimum absolute atomic E-state index is 0.0547. The first-order chi connectivity index (χ1) is 9.60. The fraction of sp³-hybridized carbons (Fsp3) is 0.538. The molecule has 20 heavy (non-hydrogen) atoms. The van der Waals surface area contributed by atoms with Crippen molar-refractivity contribution in [3.8, 4) is 0 Å². The van der Waals surface area contributed by atoms with Crippen LogP contribution in [-0.4, -0.2) is 50.3 Å². The van der Waals surface area contributed by atoms with E-state index in [4.69, 9.17) is 15.2 Å². The Morgan fingerprint density at radius 1 is 1.25 bits per heavy atom. The number of nitrogens with zero attached hydrogens (tertiary/aromatic N) is 2. The normalized spacial score (nSPS) is 10.9. The van der Waals surface area contributed by atoms with E-state index in [2.05, 4.69) is 4.90 Å². The summed E-state index contributed by atoms with van der Waals surface area (Å²) in [5, 5.41) is 10.9. The highest BCUT2D eigenvalue weighted by molar-refractivity contribution is 5.62. The molecule has 112 valence electrons. The van der Waals surface area contributed by atoms with Crippen molar-refractivity contribution in [2.75, 3.05) is 46.3 Å². The third-order valence-corrected chi connectivity index (χ3v) is 2.99. The maximum Gasteiger partial charge on any atom is 0.292 e. The summed E-state index contributed by atoms with van der Waals surface area (Å²) in [6.07, 6.45) is 0. The molecule has 0 radical (unpaired) electrons. The Morgan fingerprint density at radius 2 is 1.85 bits per heavy atom. The number of benzene rings is 1. The van der Waals surface area contributed by atoms with Gasteiger partial charge < -0.3 is 15.2 Å². The van der Waals surface area contributed by atoms with Gasteiger partial charge >= 0.3 is 0 Å². The molecule has 0 fully saturated rings. The smallest absolute Gasteiger partial charge is 0.292 e. The second-order valence-electron chi connectivity index (χ2n) is 4.37. The molecule has 1 aromatic carbocycles. The number of nitrogen functional groups attached to an aromatic ring is 1. The predicted octanol–water partition coefficient (Wildman–Crippen LogP) is 1.27. The number of hydrogen-bond donors (Lipinski definition) is 1. The third kappa shape index (κ3) is 4.76. The van der Waals surface area contributed by atoms with Crippen LogP contribution in [0.1, 0.15) is 5.56 Å². The lowest BCUT2D eigenvalue weighted by molar-refractivity contribution is -0.384. The molecule has 1 aromatic rings. The zero-order valence-electron chi connectivity index (χ0n) is 11.9. The molecule has 0 amide bonds. The van der Waals surface area contributed by atoms with Gasteiger partial charge in [-0.2, -0.15) is 0 Å². The second-order valence-corrected chi connectivity index (χ2v) is 4.37. The Kier molecular flexibility index (Phi) is 6.92. The molecule has 7 heteroatoms. The van der Waals surface area contributed by atoms with E-state index in [1.54, 1.807) is 26.4 Å². The molecule has 0 heterocycles. The van der Waals surface area contributed by atoms with Crippen molar-refractivity contribution in [1.82, 2.24) is 4.90 Å². The lowest BCUT2D eigenvalue weighted by Crippen LogP contribution is -2.30. The number of methoxy groups -OCH3 is 2. The number of ether oxygens (including phenoxy) is 2. The number of hydrogen-bond acceptors (Lipinski definition) is 6. The Morgan fingerprint density at radius 3 is 2.35 bits per heavy atom. The number of nitrogens with two attached hydrogens (primary N) is 1. The quantitative estimate of drug-likeness (QED) is 0.417. The van der Waals surface area contributed by atoms with Gasteiger partial charge in [0.2, 0.25) is 0 Å². The second kappa shape index (κ2) is 8.47. The standard InChI is InChI=1S/C13H21N3O4/c1-19-8-6-15(7-9-20-2)10-11-4-3-5-12(13(11)14)16(17)18/h3-5H,6-10,14H2,1-2H3. The summed E-state index contributed by atoms with van der Waals surface area (Å²) in [4.78, 5) is 12.5. The van der Waals surface area contributed by atoms with Gasteiger partial charge in [-0.05, 0) is 5.56 Å². The van der Waals surface area contributed by atoms with Crippen LogP contribution in [0.2, 0.25) is 0 Å². The summed E-state index contributed by atoms with van der Waals surface area (Å²) >= 11 is 0. The maximum atomic E-state index is 10.9. The van der Waals surface area contributed by atoms with E-state index in [1.165, 1.54) is 6.07 Å². The fourth-order valence-corrected chi connectivity index (χ4v) is 1.85. The Bertz CT molecular complexity index is 432. The van der Waals surface area contributed by atoms with Gasteiger partial charge in [0.25, 0.3) is 5.69 Å². The van der Waals surface area contributed by atoms with Gasteiger partial charge in [0.15, 0.2) is 0 Å². The molecular formula is C13H21N3O4. The van der Waals surface area contributed by atoms with Gasteiger partial charge in [0.1, 0.15) is 5.69 Å². The summed E-state index contributed by atoms with van der Waals surface area (Å²) in [6.45, 7) is 3.11. The lowest BCUT2D eigenvalue weighted by Gasteiger charge is -2.22. The van der Waals surface area contributed by atoms with Crippen molar-refractivity contribution in [2.24, 2.45) is 0 Å². The first kappa shape index (κ1) is 16.4. The molecule has 0 saturated carbocycles. The highest BCUT2D eigenvalue weighted by Crippen LogP contribution is 2.25. The van der Waals surface area contributed by atoms with Crippen molar-refractivity contribution in [3.05, 3.63) is 33.9 Å². The molecule has 7 nitrogen and oxygen atoms in total. The predicted molar refractivity (Wildman–Crippen MR) is 76.5 cm³/mol. The first-order valence-electron chi connectivity index (χ1n) is 6.32. The Balaban J connectivity index is 2.81. The van der Waals surface area contributed by atoms with Crippen molar-refractivity contribution >= 4 is 11.4 Å². The maximum absolute atomic E-state index is 10.9. The molecule has 0 unspecified atom stereocenters. The molecule has 0 aliphatic carbocycles. The van der Waals surface area contributed by atoms with Crippen LogP contribution in [0, 0.1) is 10.1 Å². The largest absolute Gasteiger partial charge is 0.393 e. The van der Waals surface area contributed by atoms with Crippen LogP contribution in [0.15, 0.2) is 18.2 Å². The average Bonchev–Trinajstić information content (AvgIpc) is 2.43. The van der Waals surface area contributed by atoms with Crippen molar-refractivity contribution in [2.45, 2.75) is 6.54 Å². The van der Waals surface area contributed by atoms with Crippen LogP contribution >= 0.6 is 0 Å². The Labute approximate surface area is 118 Å². The SMILES string of the molecule is COCCN(CCOC)Cc1cccc([N+](=O)[O-])c1N. The van der Waals surface area contributed by atoms with Crippen molar-refractivity contribution in [1.29, 1.82) is 0 Å². The molecule has 0 bridgehead atoms. The van der Waals surface area contributed by atoms with Gasteiger partial charge in [-0.25, -0.2) is 0 Å². The van der Waals surface area contributed by atoms with Crippen LogP contribution in [-0.2, 0) is 16.0 Å². The monoisotopic (exact) mass is 283 g/mol. The molecule has 0 aliphatic rings. The van der Waals surface area contributed by atoms with Crippen molar-refractivity contribution in [3.63, 3.8) is 0 Å². The van der Waals surface area contributed by atoms with Crippen LogP contribution in [0.5, 0.6) is 0 Å². The first-order valence-corrected chi connectivity index (χ1v) is 6.32. The van der Waals surface area contributed by atoms with Gasteiger partial charge in [-0.3, -0.25) is 15.0 Å². The molecular weight excluding hydrogens is 262 g/mol. The number of nitro groups is 1. The summed E-state index contributed by atoms with van der Waals surface area (Å²) in [6, 6.07) is 4.86. The minimum Gasteiger partial charge on any atom is -0.393 e. The average molecular weight is 283 g/mol. The van der Waals surface area contributed by atoms with Crippen LogP contribution in [0.3, 0.4) is 0 Å².